The Morgan fingerprint density at radius 2 is 1.83 bits per heavy atom. The van der Waals surface area contributed by atoms with Crippen LogP contribution in [0.5, 0.6) is 0 Å². The van der Waals surface area contributed by atoms with E-state index in [0.29, 0.717) is 12.1 Å². The van der Waals surface area contributed by atoms with Gasteiger partial charge in [-0.15, -0.1) is 0 Å². The van der Waals surface area contributed by atoms with Crippen molar-refractivity contribution in [3.63, 3.8) is 0 Å². The Labute approximate surface area is 170 Å². The average Bonchev–Trinajstić information content (AvgIpc) is 3.11. The Hall–Kier alpha value is -3.28. The highest BCUT2D eigenvalue weighted by Gasteiger charge is 2.18. The van der Waals surface area contributed by atoms with Crippen molar-refractivity contribution in [2.75, 3.05) is 24.3 Å². The van der Waals surface area contributed by atoms with Crippen LogP contribution in [0.3, 0.4) is 0 Å². The molecule has 0 aliphatic carbocycles. The normalized spacial score (nSPS) is 11.8. The lowest BCUT2D eigenvalue weighted by atomic mass is 10.1. The number of carbonyl (C=O) groups is 2. The first-order chi connectivity index (χ1) is 13.9. The van der Waals surface area contributed by atoms with Crippen LogP contribution in [0.15, 0.2) is 54.7 Å². The summed E-state index contributed by atoms with van der Waals surface area (Å²) < 4.78 is 5.29. The molecular formula is C23H27N3O3. The summed E-state index contributed by atoms with van der Waals surface area (Å²) >= 11 is 0. The Balaban J connectivity index is 1.44. The summed E-state index contributed by atoms with van der Waals surface area (Å²) in [5.41, 5.74) is 3.98. The van der Waals surface area contributed by atoms with Crippen molar-refractivity contribution in [2.24, 2.45) is 0 Å². The monoisotopic (exact) mass is 393 g/mol. The molecule has 1 amide bonds. The molecule has 0 spiro atoms. The minimum absolute atomic E-state index is 0.272. The van der Waals surface area contributed by atoms with Crippen LogP contribution >= 0.6 is 0 Å². The van der Waals surface area contributed by atoms with Crippen LogP contribution in [0.2, 0.25) is 0 Å². The first-order valence-electron chi connectivity index (χ1n) is 9.77. The van der Waals surface area contributed by atoms with E-state index in [1.165, 1.54) is 10.9 Å². The summed E-state index contributed by atoms with van der Waals surface area (Å²) in [6, 6.07) is 15.6. The summed E-state index contributed by atoms with van der Waals surface area (Å²) in [6.07, 6.45) is 2.85. The van der Waals surface area contributed by atoms with E-state index in [1.807, 2.05) is 67.7 Å². The molecule has 0 aliphatic heterocycles. The molecule has 0 bridgehead atoms. The third kappa shape index (κ3) is 5.38. The van der Waals surface area contributed by atoms with Crippen LogP contribution in [0, 0.1) is 0 Å². The van der Waals surface area contributed by atoms with Crippen LogP contribution < -0.4 is 10.2 Å². The predicted octanol–water partition coefficient (Wildman–Crippen LogP) is 4.13. The number of anilines is 2. The zero-order chi connectivity index (χ0) is 20.8. The molecule has 6 heteroatoms. The summed E-state index contributed by atoms with van der Waals surface area (Å²) in [4.78, 5) is 29.6. The van der Waals surface area contributed by atoms with Gasteiger partial charge in [-0.2, -0.15) is 0 Å². The number of carbonyl (C=O) groups excluding carboxylic acids is 2. The lowest BCUT2D eigenvalue weighted by Gasteiger charge is -2.15. The summed E-state index contributed by atoms with van der Waals surface area (Å²) in [5, 5.41) is 3.95. The molecule has 0 saturated carbocycles. The van der Waals surface area contributed by atoms with E-state index in [-0.39, 0.29) is 18.3 Å². The smallest absolute Gasteiger partial charge is 0.306 e. The van der Waals surface area contributed by atoms with E-state index in [2.05, 4.69) is 16.4 Å². The molecule has 2 aromatic carbocycles. The highest BCUT2D eigenvalue weighted by atomic mass is 16.5. The number of aromatic nitrogens is 1. The standard InChI is InChI=1S/C23H27N3O3/c1-16(23(28)25-18-11-13-19(14-12-18)26(2)3)29-22(27)10-6-7-17-15-24-21-9-5-4-8-20(17)21/h4-5,8-9,11-16,24H,6-7,10H2,1-3H3,(H,25,28). The quantitative estimate of drug-likeness (QED) is 0.565. The molecule has 0 saturated heterocycles. The fraction of sp³-hybridized carbons (Fsp3) is 0.304. The molecule has 1 atom stereocenters. The van der Waals surface area contributed by atoms with Gasteiger partial charge in [-0.1, -0.05) is 18.2 Å². The number of hydrogen-bond donors (Lipinski definition) is 2. The Morgan fingerprint density at radius 3 is 2.55 bits per heavy atom. The van der Waals surface area contributed by atoms with Crippen molar-refractivity contribution in [2.45, 2.75) is 32.3 Å². The number of nitrogens with one attached hydrogen (secondary N) is 2. The summed E-state index contributed by atoms with van der Waals surface area (Å²) in [5.74, 6) is -0.706. The van der Waals surface area contributed by atoms with Crippen LogP contribution in [-0.2, 0) is 20.7 Å². The molecule has 29 heavy (non-hydrogen) atoms. The zero-order valence-electron chi connectivity index (χ0n) is 17.1. The van der Waals surface area contributed by atoms with E-state index in [0.717, 1.165) is 17.6 Å². The number of nitrogens with zero attached hydrogens (tertiary/aromatic N) is 1. The minimum Gasteiger partial charge on any atom is -0.453 e. The van der Waals surface area contributed by atoms with Crippen LogP contribution in [0.1, 0.15) is 25.3 Å². The molecule has 1 aromatic heterocycles. The van der Waals surface area contributed by atoms with Crippen molar-refractivity contribution >= 4 is 34.2 Å². The van der Waals surface area contributed by atoms with Gasteiger partial charge < -0.3 is 19.9 Å². The number of aromatic amines is 1. The zero-order valence-corrected chi connectivity index (χ0v) is 17.1. The second-order valence-electron chi connectivity index (χ2n) is 7.28. The molecule has 3 rings (SSSR count). The van der Waals surface area contributed by atoms with Gasteiger partial charge in [-0.25, -0.2) is 0 Å². The van der Waals surface area contributed by atoms with E-state index >= 15 is 0 Å². The topological polar surface area (TPSA) is 74.4 Å². The van der Waals surface area contributed by atoms with Crippen molar-refractivity contribution < 1.29 is 14.3 Å². The van der Waals surface area contributed by atoms with Gasteiger partial charge in [0.2, 0.25) is 0 Å². The van der Waals surface area contributed by atoms with E-state index in [9.17, 15) is 9.59 Å². The number of para-hydroxylation sites is 1. The number of aryl methyl sites for hydroxylation is 1. The lowest BCUT2D eigenvalue weighted by Crippen LogP contribution is -2.29. The lowest BCUT2D eigenvalue weighted by molar-refractivity contribution is -0.153. The molecule has 0 radical (unpaired) electrons. The number of esters is 1. The fourth-order valence-electron chi connectivity index (χ4n) is 3.16. The number of hydrogen-bond acceptors (Lipinski definition) is 4. The van der Waals surface area contributed by atoms with Gasteiger partial charge in [0.15, 0.2) is 6.10 Å². The molecule has 152 valence electrons. The van der Waals surface area contributed by atoms with E-state index < -0.39 is 6.10 Å². The Morgan fingerprint density at radius 1 is 1.10 bits per heavy atom. The molecule has 1 unspecified atom stereocenters. The second-order valence-corrected chi connectivity index (χ2v) is 7.28. The van der Waals surface area contributed by atoms with Gasteiger partial charge in [0.05, 0.1) is 0 Å². The number of rotatable bonds is 8. The van der Waals surface area contributed by atoms with Crippen molar-refractivity contribution in [3.05, 3.63) is 60.3 Å². The van der Waals surface area contributed by atoms with Gasteiger partial charge in [-0.3, -0.25) is 9.59 Å². The third-order valence-electron chi connectivity index (χ3n) is 4.83. The van der Waals surface area contributed by atoms with Gasteiger partial charge in [-0.05, 0) is 55.7 Å². The predicted molar refractivity (Wildman–Crippen MR) is 116 cm³/mol. The minimum atomic E-state index is -0.843. The fourth-order valence-corrected chi connectivity index (χ4v) is 3.16. The molecular weight excluding hydrogens is 366 g/mol. The summed E-state index contributed by atoms with van der Waals surface area (Å²) in [7, 11) is 3.90. The SMILES string of the molecule is CC(OC(=O)CCCc1c[nH]c2ccccc12)C(=O)Nc1ccc(N(C)C)cc1. The van der Waals surface area contributed by atoms with Gasteiger partial charge in [0.1, 0.15) is 0 Å². The van der Waals surface area contributed by atoms with Crippen LogP contribution in [0.25, 0.3) is 10.9 Å². The first kappa shape index (κ1) is 20.5. The maximum Gasteiger partial charge on any atom is 0.306 e. The number of fused-ring (bicyclic) bond motifs is 1. The molecule has 1 heterocycles. The highest BCUT2D eigenvalue weighted by molar-refractivity contribution is 5.95. The average molecular weight is 393 g/mol. The van der Waals surface area contributed by atoms with Crippen molar-refractivity contribution in [1.29, 1.82) is 0 Å². The first-order valence-corrected chi connectivity index (χ1v) is 9.77. The number of amides is 1. The number of benzene rings is 2. The van der Waals surface area contributed by atoms with Gasteiger partial charge in [0, 0.05) is 49.0 Å². The largest absolute Gasteiger partial charge is 0.453 e. The third-order valence-corrected chi connectivity index (χ3v) is 4.83. The second kappa shape index (κ2) is 9.28. The Bertz CT molecular complexity index is 976. The van der Waals surface area contributed by atoms with E-state index in [1.54, 1.807) is 6.92 Å². The van der Waals surface area contributed by atoms with Crippen molar-refractivity contribution in [3.8, 4) is 0 Å². The number of ether oxygens (including phenoxy) is 1. The molecule has 3 aromatic rings. The van der Waals surface area contributed by atoms with Crippen LogP contribution in [0.4, 0.5) is 11.4 Å². The maximum absolute atomic E-state index is 12.3. The molecule has 0 aliphatic rings. The maximum atomic E-state index is 12.3. The highest BCUT2D eigenvalue weighted by Crippen LogP contribution is 2.20. The van der Waals surface area contributed by atoms with E-state index in [4.69, 9.17) is 4.74 Å². The van der Waals surface area contributed by atoms with Gasteiger partial charge >= 0.3 is 5.97 Å². The number of H-pyrrole nitrogens is 1. The Kier molecular flexibility index (Phi) is 6.54. The van der Waals surface area contributed by atoms with Gasteiger partial charge in [0.25, 0.3) is 5.91 Å². The summed E-state index contributed by atoms with van der Waals surface area (Å²) in [6.45, 7) is 1.58. The van der Waals surface area contributed by atoms with Crippen molar-refractivity contribution in [1.82, 2.24) is 4.98 Å². The molecule has 6 nitrogen and oxygen atoms in total. The molecule has 0 fully saturated rings. The molecule has 2 N–H and O–H groups in total. The van der Waals surface area contributed by atoms with Crippen LogP contribution in [-0.4, -0.2) is 37.1 Å².